The van der Waals surface area contributed by atoms with E-state index in [2.05, 4.69) is 10.6 Å². The SMILES string of the molecule is CCCNC(=O)C(C)NCc1cc(C(=O)O)oc1C. The number of aryl methyl sites for hydroxylation is 1. The number of rotatable bonds is 7. The monoisotopic (exact) mass is 268 g/mol. The molecule has 3 N–H and O–H groups in total. The van der Waals surface area contributed by atoms with Gasteiger partial charge in [0.15, 0.2) is 0 Å². The Morgan fingerprint density at radius 3 is 2.68 bits per heavy atom. The normalized spacial score (nSPS) is 12.2. The van der Waals surface area contributed by atoms with Crippen LogP contribution in [0.3, 0.4) is 0 Å². The average Bonchev–Trinajstić information content (AvgIpc) is 2.74. The molecule has 0 aromatic carbocycles. The van der Waals surface area contributed by atoms with Crippen LogP contribution in [-0.2, 0) is 11.3 Å². The van der Waals surface area contributed by atoms with E-state index in [4.69, 9.17) is 9.52 Å². The van der Waals surface area contributed by atoms with E-state index < -0.39 is 5.97 Å². The molecule has 1 aromatic heterocycles. The third kappa shape index (κ3) is 4.40. The lowest BCUT2D eigenvalue weighted by Gasteiger charge is -2.13. The molecule has 19 heavy (non-hydrogen) atoms. The van der Waals surface area contributed by atoms with Crippen LogP contribution in [0.4, 0.5) is 0 Å². The van der Waals surface area contributed by atoms with Crippen molar-refractivity contribution in [2.24, 2.45) is 0 Å². The van der Waals surface area contributed by atoms with Crippen molar-refractivity contribution in [3.63, 3.8) is 0 Å². The van der Waals surface area contributed by atoms with Gasteiger partial charge in [-0.05, 0) is 26.3 Å². The molecule has 6 nitrogen and oxygen atoms in total. The van der Waals surface area contributed by atoms with E-state index in [1.165, 1.54) is 6.07 Å². The third-order valence-electron chi connectivity index (χ3n) is 2.77. The molecule has 0 aliphatic carbocycles. The zero-order chi connectivity index (χ0) is 14.4. The van der Waals surface area contributed by atoms with Gasteiger partial charge < -0.3 is 20.2 Å². The topological polar surface area (TPSA) is 91.6 Å². The maximum Gasteiger partial charge on any atom is 0.371 e. The Kier molecular flexibility index (Phi) is 5.57. The van der Waals surface area contributed by atoms with Crippen molar-refractivity contribution in [1.29, 1.82) is 0 Å². The average molecular weight is 268 g/mol. The third-order valence-corrected chi connectivity index (χ3v) is 2.77. The van der Waals surface area contributed by atoms with E-state index in [0.29, 0.717) is 18.8 Å². The first-order valence-electron chi connectivity index (χ1n) is 6.29. The molecule has 1 heterocycles. The summed E-state index contributed by atoms with van der Waals surface area (Å²) in [6.07, 6.45) is 0.890. The van der Waals surface area contributed by atoms with Crippen LogP contribution in [-0.4, -0.2) is 29.6 Å². The summed E-state index contributed by atoms with van der Waals surface area (Å²) in [4.78, 5) is 22.4. The minimum Gasteiger partial charge on any atom is -0.475 e. The fourth-order valence-electron chi connectivity index (χ4n) is 1.56. The van der Waals surface area contributed by atoms with E-state index in [-0.39, 0.29) is 17.7 Å². The van der Waals surface area contributed by atoms with Gasteiger partial charge >= 0.3 is 5.97 Å². The number of hydrogen-bond acceptors (Lipinski definition) is 4. The summed E-state index contributed by atoms with van der Waals surface area (Å²) in [5.74, 6) is -0.701. The molecule has 1 unspecified atom stereocenters. The first kappa shape index (κ1) is 15.2. The summed E-state index contributed by atoms with van der Waals surface area (Å²) in [6, 6.07) is 1.13. The Labute approximate surface area is 112 Å². The molecule has 0 fully saturated rings. The Balaban J connectivity index is 2.52. The zero-order valence-electron chi connectivity index (χ0n) is 11.4. The second-order valence-corrected chi connectivity index (χ2v) is 4.39. The molecule has 1 aromatic rings. The van der Waals surface area contributed by atoms with Crippen LogP contribution in [0.25, 0.3) is 0 Å². The number of carbonyl (C=O) groups excluding carboxylic acids is 1. The summed E-state index contributed by atoms with van der Waals surface area (Å²) in [5, 5.41) is 14.6. The van der Waals surface area contributed by atoms with Crippen molar-refractivity contribution in [2.45, 2.75) is 39.8 Å². The maximum atomic E-state index is 11.6. The Morgan fingerprint density at radius 1 is 1.47 bits per heavy atom. The minimum absolute atomic E-state index is 0.0681. The molecule has 0 saturated carbocycles. The van der Waals surface area contributed by atoms with Crippen LogP contribution in [0.1, 0.15) is 42.1 Å². The molecule has 0 radical (unpaired) electrons. The Bertz CT molecular complexity index is 453. The molecule has 0 bridgehead atoms. The second kappa shape index (κ2) is 6.94. The van der Waals surface area contributed by atoms with Crippen LogP contribution >= 0.6 is 0 Å². The van der Waals surface area contributed by atoms with Gasteiger partial charge in [-0.1, -0.05) is 6.92 Å². The lowest BCUT2D eigenvalue weighted by atomic mass is 10.2. The van der Waals surface area contributed by atoms with Gasteiger partial charge in [-0.25, -0.2) is 4.79 Å². The minimum atomic E-state index is -1.09. The van der Waals surface area contributed by atoms with E-state index in [0.717, 1.165) is 12.0 Å². The lowest BCUT2D eigenvalue weighted by molar-refractivity contribution is -0.122. The molecular formula is C13H20N2O4. The molecule has 106 valence electrons. The molecule has 0 aliphatic rings. The number of hydrogen-bond donors (Lipinski definition) is 3. The number of carbonyl (C=O) groups is 2. The van der Waals surface area contributed by atoms with E-state index in [1.54, 1.807) is 13.8 Å². The molecule has 1 atom stereocenters. The van der Waals surface area contributed by atoms with Gasteiger partial charge in [-0.2, -0.15) is 0 Å². The van der Waals surface area contributed by atoms with E-state index in [1.807, 2.05) is 6.92 Å². The summed E-state index contributed by atoms with van der Waals surface area (Å²) < 4.78 is 5.09. The Hall–Kier alpha value is -1.82. The highest BCUT2D eigenvalue weighted by Gasteiger charge is 2.15. The number of carboxylic acid groups (broad SMARTS) is 1. The van der Waals surface area contributed by atoms with Crippen molar-refractivity contribution in [1.82, 2.24) is 10.6 Å². The van der Waals surface area contributed by atoms with E-state index >= 15 is 0 Å². The predicted molar refractivity (Wildman–Crippen MR) is 70.0 cm³/mol. The van der Waals surface area contributed by atoms with Crippen LogP contribution < -0.4 is 10.6 Å². The van der Waals surface area contributed by atoms with Gasteiger partial charge in [0.2, 0.25) is 11.7 Å². The number of nitrogens with one attached hydrogen (secondary N) is 2. The summed E-state index contributed by atoms with van der Waals surface area (Å²) in [5.41, 5.74) is 0.743. The van der Waals surface area contributed by atoms with Crippen molar-refractivity contribution in [3.05, 3.63) is 23.2 Å². The largest absolute Gasteiger partial charge is 0.475 e. The first-order chi connectivity index (χ1) is 8.95. The molecular weight excluding hydrogens is 248 g/mol. The fourth-order valence-corrected chi connectivity index (χ4v) is 1.56. The summed E-state index contributed by atoms with van der Waals surface area (Å²) in [7, 11) is 0. The van der Waals surface area contributed by atoms with Gasteiger partial charge in [0.25, 0.3) is 0 Å². The van der Waals surface area contributed by atoms with Crippen LogP contribution in [0.15, 0.2) is 10.5 Å². The number of carboxylic acids is 1. The lowest BCUT2D eigenvalue weighted by Crippen LogP contribution is -2.42. The number of furan rings is 1. The Morgan fingerprint density at radius 2 is 2.16 bits per heavy atom. The molecule has 0 aliphatic heterocycles. The number of aromatic carboxylic acids is 1. The van der Waals surface area contributed by atoms with Crippen molar-refractivity contribution in [3.8, 4) is 0 Å². The molecule has 1 rings (SSSR count). The summed E-state index contributed by atoms with van der Waals surface area (Å²) >= 11 is 0. The summed E-state index contributed by atoms with van der Waals surface area (Å²) in [6.45, 7) is 6.49. The van der Waals surface area contributed by atoms with Crippen molar-refractivity contribution >= 4 is 11.9 Å². The zero-order valence-corrected chi connectivity index (χ0v) is 11.4. The van der Waals surface area contributed by atoms with Gasteiger partial charge in [0.1, 0.15) is 5.76 Å². The molecule has 1 amide bonds. The first-order valence-corrected chi connectivity index (χ1v) is 6.29. The highest BCUT2D eigenvalue weighted by molar-refractivity contribution is 5.84. The highest BCUT2D eigenvalue weighted by Crippen LogP contribution is 2.14. The van der Waals surface area contributed by atoms with Gasteiger partial charge in [-0.3, -0.25) is 4.79 Å². The number of amides is 1. The standard InChI is InChI=1S/C13H20N2O4/c1-4-5-14-12(16)8(2)15-7-10-6-11(13(17)18)19-9(10)3/h6,8,15H,4-5,7H2,1-3H3,(H,14,16)(H,17,18). The molecule has 0 saturated heterocycles. The second-order valence-electron chi connectivity index (χ2n) is 4.39. The molecule has 0 spiro atoms. The smallest absolute Gasteiger partial charge is 0.371 e. The van der Waals surface area contributed by atoms with Crippen molar-refractivity contribution in [2.75, 3.05) is 6.54 Å². The van der Waals surface area contributed by atoms with Gasteiger partial charge in [0.05, 0.1) is 6.04 Å². The molecule has 6 heteroatoms. The maximum absolute atomic E-state index is 11.6. The highest BCUT2D eigenvalue weighted by atomic mass is 16.4. The fraction of sp³-hybridized carbons (Fsp3) is 0.538. The van der Waals surface area contributed by atoms with E-state index in [9.17, 15) is 9.59 Å². The van der Waals surface area contributed by atoms with Gasteiger partial charge in [0, 0.05) is 18.7 Å². The van der Waals surface area contributed by atoms with Crippen molar-refractivity contribution < 1.29 is 19.1 Å². The predicted octanol–water partition coefficient (Wildman–Crippen LogP) is 1.29. The quantitative estimate of drug-likeness (QED) is 0.693. The van der Waals surface area contributed by atoms with Gasteiger partial charge in [-0.15, -0.1) is 0 Å². The van der Waals surface area contributed by atoms with Crippen LogP contribution in [0, 0.1) is 6.92 Å². The van der Waals surface area contributed by atoms with Crippen LogP contribution in [0.2, 0.25) is 0 Å². The van der Waals surface area contributed by atoms with Crippen LogP contribution in [0.5, 0.6) is 0 Å².